The molecule has 0 aliphatic carbocycles. The van der Waals surface area contributed by atoms with E-state index in [1.807, 2.05) is 18.2 Å². The number of rotatable bonds is 5. The number of carbonyl (C=O) groups excluding carboxylic acids is 1. The molecule has 0 fully saturated rings. The van der Waals surface area contributed by atoms with E-state index in [2.05, 4.69) is 0 Å². The van der Waals surface area contributed by atoms with Crippen LogP contribution in [0.15, 0.2) is 48.5 Å². The predicted octanol–water partition coefficient (Wildman–Crippen LogP) is 4.57. The van der Waals surface area contributed by atoms with E-state index >= 15 is 0 Å². The van der Waals surface area contributed by atoms with Crippen LogP contribution in [0.2, 0.25) is 0 Å². The molecule has 6 heteroatoms. The Bertz CT molecular complexity index is 710. The van der Waals surface area contributed by atoms with Crippen LogP contribution in [0.1, 0.15) is 26.3 Å². The Labute approximate surface area is 146 Å². The zero-order chi connectivity index (χ0) is 18.4. The first kappa shape index (κ1) is 18.6. The van der Waals surface area contributed by atoms with Crippen molar-refractivity contribution in [2.45, 2.75) is 32.9 Å². The largest absolute Gasteiger partial charge is 0.496 e. The minimum Gasteiger partial charge on any atom is -0.496 e. The van der Waals surface area contributed by atoms with E-state index in [0.29, 0.717) is 11.5 Å². The Morgan fingerprint density at radius 2 is 1.72 bits per heavy atom. The number of hydroxylamine groups is 2. The smallest absolute Gasteiger partial charge is 0.444 e. The van der Waals surface area contributed by atoms with E-state index in [0.717, 1.165) is 10.6 Å². The van der Waals surface area contributed by atoms with Crippen LogP contribution in [0.4, 0.5) is 9.18 Å². The molecule has 0 saturated heterocycles. The number of para-hydroxylation sites is 1. The fourth-order valence-corrected chi connectivity index (χ4v) is 2.06. The van der Waals surface area contributed by atoms with Crippen LogP contribution in [0.3, 0.4) is 0 Å². The summed E-state index contributed by atoms with van der Waals surface area (Å²) < 4.78 is 23.8. The van der Waals surface area contributed by atoms with Gasteiger partial charge in [0, 0.05) is 5.56 Å². The Hall–Kier alpha value is -2.76. The van der Waals surface area contributed by atoms with Crippen LogP contribution in [0.25, 0.3) is 0 Å². The minimum atomic E-state index is -0.678. The third kappa shape index (κ3) is 5.67. The summed E-state index contributed by atoms with van der Waals surface area (Å²) in [6.45, 7) is 5.41. The van der Waals surface area contributed by atoms with Crippen molar-refractivity contribution >= 4 is 6.09 Å². The summed E-state index contributed by atoms with van der Waals surface area (Å²) >= 11 is 0. The molecule has 0 aliphatic heterocycles. The first-order chi connectivity index (χ1) is 11.8. The molecule has 134 valence electrons. The summed E-state index contributed by atoms with van der Waals surface area (Å²) in [5, 5.41) is 1.08. The molecule has 0 aromatic heterocycles. The zero-order valence-corrected chi connectivity index (χ0v) is 14.8. The molecule has 0 unspecified atom stereocenters. The van der Waals surface area contributed by atoms with Crippen LogP contribution < -0.4 is 9.57 Å². The normalized spacial score (nSPS) is 10.9. The lowest BCUT2D eigenvalue weighted by atomic mass is 10.2. The van der Waals surface area contributed by atoms with E-state index in [-0.39, 0.29) is 12.4 Å². The van der Waals surface area contributed by atoms with Gasteiger partial charge < -0.3 is 14.3 Å². The Kier molecular flexibility index (Phi) is 5.85. The number of benzene rings is 2. The van der Waals surface area contributed by atoms with E-state index in [4.69, 9.17) is 14.3 Å². The van der Waals surface area contributed by atoms with Crippen molar-refractivity contribution in [2.24, 2.45) is 0 Å². The number of nitrogens with zero attached hydrogens (tertiary/aromatic N) is 1. The summed E-state index contributed by atoms with van der Waals surface area (Å²) in [6, 6.07) is 12.7. The van der Waals surface area contributed by atoms with Crippen molar-refractivity contribution < 1.29 is 23.5 Å². The Balaban J connectivity index is 2.24. The Morgan fingerprint density at radius 3 is 2.32 bits per heavy atom. The van der Waals surface area contributed by atoms with E-state index < -0.39 is 11.7 Å². The van der Waals surface area contributed by atoms with E-state index in [1.165, 1.54) is 24.3 Å². The van der Waals surface area contributed by atoms with Crippen molar-refractivity contribution in [3.8, 4) is 11.5 Å². The minimum absolute atomic E-state index is 0.107. The highest BCUT2D eigenvalue weighted by Gasteiger charge is 2.25. The number of halogens is 1. The number of methoxy groups -OCH3 is 1. The second-order valence-corrected chi connectivity index (χ2v) is 6.37. The predicted molar refractivity (Wildman–Crippen MR) is 91.8 cm³/mol. The van der Waals surface area contributed by atoms with Gasteiger partial charge in [0.15, 0.2) is 5.75 Å². The topological polar surface area (TPSA) is 48.0 Å². The molecule has 2 aromatic rings. The molecular weight excluding hydrogens is 325 g/mol. The highest BCUT2D eigenvalue weighted by Crippen LogP contribution is 2.22. The van der Waals surface area contributed by atoms with Gasteiger partial charge in [-0.25, -0.2) is 9.18 Å². The van der Waals surface area contributed by atoms with Crippen LogP contribution in [-0.2, 0) is 11.3 Å². The fourth-order valence-electron chi connectivity index (χ4n) is 2.06. The summed E-state index contributed by atoms with van der Waals surface area (Å²) in [5.74, 6) is 0.557. The van der Waals surface area contributed by atoms with Crippen molar-refractivity contribution in [1.29, 1.82) is 0 Å². The van der Waals surface area contributed by atoms with E-state index in [9.17, 15) is 9.18 Å². The van der Waals surface area contributed by atoms with Crippen molar-refractivity contribution in [2.75, 3.05) is 7.11 Å². The molecule has 0 N–H and O–H groups in total. The summed E-state index contributed by atoms with van der Waals surface area (Å²) in [5.41, 5.74) is 0.0698. The second-order valence-electron chi connectivity index (χ2n) is 6.37. The van der Waals surface area contributed by atoms with Gasteiger partial charge in [0.25, 0.3) is 0 Å². The average Bonchev–Trinajstić information content (AvgIpc) is 2.55. The van der Waals surface area contributed by atoms with Gasteiger partial charge in [-0.2, -0.15) is 0 Å². The SMILES string of the molecule is COc1ccccc1CN(Oc1ccc(F)cc1)C(=O)OC(C)(C)C. The third-order valence-electron chi connectivity index (χ3n) is 3.13. The first-order valence-corrected chi connectivity index (χ1v) is 7.84. The fraction of sp³-hybridized carbons (Fsp3) is 0.316. The van der Waals surface area contributed by atoms with Gasteiger partial charge in [0.2, 0.25) is 0 Å². The van der Waals surface area contributed by atoms with Gasteiger partial charge in [-0.05, 0) is 51.1 Å². The molecule has 5 nitrogen and oxygen atoms in total. The number of hydrogen-bond acceptors (Lipinski definition) is 4. The molecular formula is C19H22FNO4. The van der Waals surface area contributed by atoms with Crippen molar-refractivity contribution in [3.63, 3.8) is 0 Å². The van der Waals surface area contributed by atoms with Gasteiger partial charge in [-0.1, -0.05) is 18.2 Å². The standard InChI is InChI=1S/C19H22FNO4/c1-19(2,3)24-18(22)21(25-16-11-9-15(20)10-12-16)13-14-7-5-6-8-17(14)23-4/h5-12H,13H2,1-4H3. The van der Waals surface area contributed by atoms with Crippen LogP contribution in [-0.4, -0.2) is 23.9 Å². The van der Waals surface area contributed by atoms with Gasteiger partial charge in [-0.3, -0.25) is 0 Å². The highest BCUT2D eigenvalue weighted by molar-refractivity contribution is 5.67. The number of amides is 1. The second kappa shape index (κ2) is 7.88. The van der Waals surface area contributed by atoms with Crippen LogP contribution in [0, 0.1) is 5.82 Å². The van der Waals surface area contributed by atoms with Gasteiger partial charge in [0.05, 0.1) is 13.7 Å². The van der Waals surface area contributed by atoms with Gasteiger partial charge in [0.1, 0.15) is 17.2 Å². The number of hydrogen-bond donors (Lipinski definition) is 0. The molecule has 0 aliphatic rings. The molecule has 0 atom stereocenters. The third-order valence-corrected chi connectivity index (χ3v) is 3.13. The molecule has 0 radical (unpaired) electrons. The lowest BCUT2D eigenvalue weighted by molar-refractivity contribution is -0.0782. The monoisotopic (exact) mass is 347 g/mol. The number of ether oxygens (including phenoxy) is 2. The molecule has 1 amide bonds. The first-order valence-electron chi connectivity index (χ1n) is 7.84. The zero-order valence-electron chi connectivity index (χ0n) is 14.8. The molecule has 0 spiro atoms. The van der Waals surface area contributed by atoms with Gasteiger partial charge in [-0.15, -0.1) is 5.06 Å². The molecule has 0 heterocycles. The highest BCUT2D eigenvalue weighted by atomic mass is 19.1. The summed E-state index contributed by atoms with van der Waals surface area (Å²) in [6.07, 6.45) is -0.650. The maximum Gasteiger partial charge on any atom is 0.444 e. The van der Waals surface area contributed by atoms with Crippen LogP contribution in [0.5, 0.6) is 11.5 Å². The van der Waals surface area contributed by atoms with Crippen molar-refractivity contribution in [1.82, 2.24) is 5.06 Å². The maximum absolute atomic E-state index is 13.1. The Morgan fingerprint density at radius 1 is 1.08 bits per heavy atom. The lowest BCUT2D eigenvalue weighted by Crippen LogP contribution is -2.38. The maximum atomic E-state index is 13.1. The van der Waals surface area contributed by atoms with Gasteiger partial charge >= 0.3 is 6.09 Å². The molecule has 0 bridgehead atoms. The van der Waals surface area contributed by atoms with Crippen LogP contribution >= 0.6 is 0 Å². The molecule has 2 aromatic carbocycles. The van der Waals surface area contributed by atoms with Crippen molar-refractivity contribution in [3.05, 3.63) is 59.9 Å². The lowest BCUT2D eigenvalue weighted by Gasteiger charge is -2.27. The van der Waals surface area contributed by atoms with E-state index in [1.54, 1.807) is 33.9 Å². The molecule has 0 saturated carbocycles. The quantitative estimate of drug-likeness (QED) is 0.744. The molecule has 25 heavy (non-hydrogen) atoms. The average molecular weight is 347 g/mol. The number of carbonyl (C=O) groups is 1. The summed E-state index contributed by atoms with van der Waals surface area (Å²) in [7, 11) is 1.55. The molecule has 2 rings (SSSR count). The summed E-state index contributed by atoms with van der Waals surface area (Å²) in [4.78, 5) is 18.1.